The first kappa shape index (κ1) is 14.1. The van der Waals surface area contributed by atoms with Gasteiger partial charge in [-0.3, -0.25) is 9.89 Å². The molecule has 22 heavy (non-hydrogen) atoms. The van der Waals surface area contributed by atoms with Gasteiger partial charge in [-0.05, 0) is 24.6 Å². The minimum Gasteiger partial charge on any atom is -0.463 e. The minimum atomic E-state index is -0.0819. The summed E-state index contributed by atoms with van der Waals surface area (Å²) in [4.78, 5) is 14.5. The second kappa shape index (κ2) is 5.89. The summed E-state index contributed by atoms with van der Waals surface area (Å²) in [6.07, 6.45) is 1.57. The van der Waals surface area contributed by atoms with E-state index in [2.05, 4.69) is 10.2 Å². The van der Waals surface area contributed by atoms with Crippen molar-refractivity contribution in [3.8, 4) is 11.5 Å². The molecule has 5 heteroatoms. The number of hydrogen-bond acceptors (Lipinski definition) is 3. The first-order valence-electron chi connectivity index (χ1n) is 7.05. The number of aromatic nitrogens is 2. The fourth-order valence-corrected chi connectivity index (χ4v) is 2.40. The lowest BCUT2D eigenvalue weighted by Gasteiger charge is -2.17. The fraction of sp³-hybridized carbons (Fsp3) is 0.176. The van der Waals surface area contributed by atoms with Gasteiger partial charge >= 0.3 is 0 Å². The summed E-state index contributed by atoms with van der Waals surface area (Å²) in [5.74, 6) is 0.502. The van der Waals surface area contributed by atoms with Gasteiger partial charge in [-0.15, -0.1) is 0 Å². The van der Waals surface area contributed by atoms with E-state index in [1.54, 1.807) is 30.3 Å². The van der Waals surface area contributed by atoms with E-state index in [-0.39, 0.29) is 5.91 Å². The quantitative estimate of drug-likeness (QED) is 0.803. The molecule has 1 aromatic carbocycles. The topological polar surface area (TPSA) is 62.1 Å². The van der Waals surface area contributed by atoms with Gasteiger partial charge in [0.15, 0.2) is 5.76 Å². The molecular weight excluding hydrogens is 278 g/mol. The number of aromatic amines is 1. The molecule has 3 aromatic rings. The first-order valence-corrected chi connectivity index (χ1v) is 7.05. The fourth-order valence-electron chi connectivity index (χ4n) is 2.40. The number of hydrogen-bond donors (Lipinski definition) is 1. The number of benzene rings is 1. The van der Waals surface area contributed by atoms with Crippen molar-refractivity contribution in [2.24, 2.45) is 0 Å². The van der Waals surface area contributed by atoms with Crippen LogP contribution in [0.3, 0.4) is 0 Å². The summed E-state index contributed by atoms with van der Waals surface area (Å²) in [5.41, 5.74) is 2.91. The van der Waals surface area contributed by atoms with Crippen molar-refractivity contribution in [3.63, 3.8) is 0 Å². The monoisotopic (exact) mass is 295 g/mol. The Kier molecular flexibility index (Phi) is 3.78. The van der Waals surface area contributed by atoms with E-state index >= 15 is 0 Å². The Bertz CT molecular complexity index is 761. The predicted octanol–water partition coefficient (Wildman–Crippen LogP) is 3.25. The Labute approximate surface area is 128 Å². The zero-order chi connectivity index (χ0) is 15.5. The van der Waals surface area contributed by atoms with Crippen LogP contribution in [-0.2, 0) is 6.54 Å². The van der Waals surface area contributed by atoms with Gasteiger partial charge < -0.3 is 9.32 Å². The molecule has 0 bridgehead atoms. The van der Waals surface area contributed by atoms with E-state index < -0.39 is 0 Å². The van der Waals surface area contributed by atoms with Gasteiger partial charge in [-0.25, -0.2) is 0 Å². The largest absolute Gasteiger partial charge is 0.463 e. The minimum absolute atomic E-state index is 0.0819. The molecule has 2 heterocycles. The highest BCUT2D eigenvalue weighted by Gasteiger charge is 2.23. The molecule has 5 nitrogen and oxygen atoms in total. The second-order valence-corrected chi connectivity index (χ2v) is 5.20. The molecule has 0 aliphatic heterocycles. The van der Waals surface area contributed by atoms with Crippen molar-refractivity contribution >= 4 is 5.91 Å². The Morgan fingerprint density at radius 1 is 1.23 bits per heavy atom. The lowest BCUT2D eigenvalue weighted by molar-refractivity contribution is 0.0785. The van der Waals surface area contributed by atoms with Crippen molar-refractivity contribution in [2.75, 3.05) is 7.05 Å². The third-order valence-corrected chi connectivity index (χ3v) is 3.52. The van der Waals surface area contributed by atoms with Crippen molar-refractivity contribution < 1.29 is 9.21 Å². The Balaban J connectivity index is 1.88. The maximum absolute atomic E-state index is 12.8. The summed E-state index contributed by atoms with van der Waals surface area (Å²) >= 11 is 0. The Hall–Kier alpha value is -2.82. The molecular formula is C17H17N3O2. The maximum Gasteiger partial charge on any atom is 0.258 e. The molecule has 0 spiro atoms. The molecule has 1 amide bonds. The standard InChI is InChI=1S/C17H17N3O2/c1-12-15(16(19-18-12)14-9-6-10-22-14)17(21)20(2)11-13-7-4-3-5-8-13/h3-10H,11H2,1-2H3,(H,18,19). The van der Waals surface area contributed by atoms with Crippen LogP contribution in [0.2, 0.25) is 0 Å². The van der Waals surface area contributed by atoms with Gasteiger partial charge in [0.25, 0.3) is 5.91 Å². The molecule has 0 aliphatic rings. The third kappa shape index (κ3) is 2.65. The molecule has 1 N–H and O–H groups in total. The molecule has 0 radical (unpaired) electrons. The van der Waals surface area contributed by atoms with Gasteiger partial charge in [0.05, 0.1) is 11.8 Å². The van der Waals surface area contributed by atoms with Crippen molar-refractivity contribution in [1.29, 1.82) is 0 Å². The zero-order valence-electron chi connectivity index (χ0n) is 12.5. The highest BCUT2D eigenvalue weighted by Crippen LogP contribution is 2.25. The average molecular weight is 295 g/mol. The van der Waals surface area contributed by atoms with Gasteiger partial charge in [-0.2, -0.15) is 5.10 Å². The molecule has 2 aromatic heterocycles. The van der Waals surface area contributed by atoms with Gasteiger partial charge in [0, 0.05) is 19.3 Å². The summed E-state index contributed by atoms with van der Waals surface area (Å²) in [5, 5.41) is 7.07. The smallest absolute Gasteiger partial charge is 0.258 e. The molecule has 0 saturated carbocycles. The number of carbonyl (C=O) groups is 1. The van der Waals surface area contributed by atoms with Crippen LogP contribution in [0.15, 0.2) is 53.1 Å². The number of nitrogens with one attached hydrogen (secondary N) is 1. The molecule has 0 fully saturated rings. The number of amides is 1. The number of H-pyrrole nitrogens is 1. The van der Waals surface area contributed by atoms with Crippen LogP contribution in [0.5, 0.6) is 0 Å². The number of nitrogens with zero attached hydrogens (tertiary/aromatic N) is 2. The first-order chi connectivity index (χ1) is 10.7. The second-order valence-electron chi connectivity index (χ2n) is 5.20. The zero-order valence-corrected chi connectivity index (χ0v) is 12.5. The highest BCUT2D eigenvalue weighted by molar-refractivity contribution is 6.00. The van der Waals surface area contributed by atoms with Gasteiger partial charge in [0.1, 0.15) is 5.69 Å². The number of rotatable bonds is 4. The van der Waals surface area contributed by atoms with Crippen LogP contribution in [0.4, 0.5) is 0 Å². The summed E-state index contributed by atoms with van der Waals surface area (Å²) < 4.78 is 5.37. The van der Waals surface area contributed by atoms with Gasteiger partial charge in [0.2, 0.25) is 0 Å². The normalized spacial score (nSPS) is 10.6. The third-order valence-electron chi connectivity index (χ3n) is 3.52. The van der Waals surface area contributed by atoms with E-state index in [1.807, 2.05) is 37.3 Å². The van der Waals surface area contributed by atoms with Crippen LogP contribution >= 0.6 is 0 Å². The number of furan rings is 1. The number of carbonyl (C=O) groups excluding carboxylic acids is 1. The molecule has 112 valence electrons. The molecule has 0 unspecified atom stereocenters. The van der Waals surface area contributed by atoms with E-state index in [9.17, 15) is 4.79 Å². The van der Waals surface area contributed by atoms with Crippen molar-refractivity contribution in [2.45, 2.75) is 13.5 Å². The SMILES string of the molecule is Cc1[nH]nc(-c2ccco2)c1C(=O)N(C)Cc1ccccc1. The maximum atomic E-state index is 12.8. The van der Waals surface area contributed by atoms with Crippen LogP contribution < -0.4 is 0 Å². The van der Waals surface area contributed by atoms with Crippen molar-refractivity contribution in [1.82, 2.24) is 15.1 Å². The Morgan fingerprint density at radius 3 is 2.68 bits per heavy atom. The number of aryl methyl sites for hydroxylation is 1. The van der Waals surface area contributed by atoms with Gasteiger partial charge in [-0.1, -0.05) is 30.3 Å². The summed E-state index contributed by atoms with van der Waals surface area (Å²) in [6, 6.07) is 13.5. The van der Waals surface area contributed by atoms with E-state index in [1.165, 1.54) is 0 Å². The van der Waals surface area contributed by atoms with Crippen LogP contribution in [0.1, 0.15) is 21.6 Å². The van der Waals surface area contributed by atoms with Crippen molar-refractivity contribution in [3.05, 3.63) is 65.5 Å². The molecule has 0 atom stereocenters. The van der Waals surface area contributed by atoms with E-state index in [0.717, 1.165) is 11.3 Å². The lowest BCUT2D eigenvalue weighted by atomic mass is 10.1. The predicted molar refractivity (Wildman–Crippen MR) is 83.3 cm³/mol. The van der Waals surface area contributed by atoms with Crippen LogP contribution in [0, 0.1) is 6.92 Å². The summed E-state index contributed by atoms with van der Waals surface area (Å²) in [6.45, 7) is 2.38. The molecule has 3 rings (SSSR count). The highest BCUT2D eigenvalue weighted by atomic mass is 16.3. The Morgan fingerprint density at radius 2 is 2.00 bits per heavy atom. The lowest BCUT2D eigenvalue weighted by Crippen LogP contribution is -2.27. The molecule has 0 saturated heterocycles. The van der Waals surface area contributed by atoms with E-state index in [4.69, 9.17) is 4.42 Å². The van der Waals surface area contributed by atoms with Crippen LogP contribution in [-0.4, -0.2) is 28.1 Å². The molecule has 0 aliphatic carbocycles. The van der Waals surface area contributed by atoms with Crippen LogP contribution in [0.25, 0.3) is 11.5 Å². The average Bonchev–Trinajstić information content (AvgIpc) is 3.16. The summed E-state index contributed by atoms with van der Waals surface area (Å²) in [7, 11) is 1.79. The van der Waals surface area contributed by atoms with E-state index in [0.29, 0.717) is 23.6 Å².